The Morgan fingerprint density at radius 1 is 1.05 bits per heavy atom. The quantitative estimate of drug-likeness (QED) is 0.853. The molecule has 0 amide bonds. The third kappa shape index (κ3) is 3.32. The van der Waals surface area contributed by atoms with Crippen molar-refractivity contribution in [3.8, 4) is 0 Å². The van der Waals surface area contributed by atoms with Gasteiger partial charge in [0.1, 0.15) is 0 Å². The van der Waals surface area contributed by atoms with Crippen molar-refractivity contribution in [3.63, 3.8) is 0 Å². The number of hydrogen-bond acceptors (Lipinski definition) is 3. The number of rotatable bonds is 3. The lowest BCUT2D eigenvalue weighted by atomic mass is 10.3. The van der Waals surface area contributed by atoms with E-state index in [4.69, 9.17) is 28.9 Å². The molecule has 0 aliphatic heterocycles. The molecule has 2 aromatic rings. The summed E-state index contributed by atoms with van der Waals surface area (Å²) in [5.74, 6) is 0. The van der Waals surface area contributed by atoms with Crippen molar-refractivity contribution in [1.82, 2.24) is 0 Å². The van der Waals surface area contributed by atoms with Crippen LogP contribution in [0.1, 0.15) is 0 Å². The Morgan fingerprint density at radius 2 is 1.79 bits per heavy atom. The first-order valence-corrected chi connectivity index (χ1v) is 7.46. The van der Waals surface area contributed by atoms with Gasteiger partial charge in [-0.15, -0.1) is 0 Å². The lowest BCUT2D eigenvalue weighted by molar-refractivity contribution is 0.601. The summed E-state index contributed by atoms with van der Waals surface area (Å²) < 4.78 is 26.7. The minimum Gasteiger partial charge on any atom is -0.397 e. The van der Waals surface area contributed by atoms with E-state index >= 15 is 0 Å². The summed E-state index contributed by atoms with van der Waals surface area (Å²) in [5.41, 5.74) is 6.17. The third-order valence-corrected chi connectivity index (χ3v) is 4.31. The minimum absolute atomic E-state index is 0.0365. The van der Waals surface area contributed by atoms with Crippen LogP contribution in [0.2, 0.25) is 10.0 Å². The molecule has 0 fully saturated rings. The first-order chi connectivity index (χ1) is 8.88. The molecule has 0 unspecified atom stereocenters. The average molecular weight is 317 g/mol. The normalized spacial score (nSPS) is 11.3. The summed E-state index contributed by atoms with van der Waals surface area (Å²) in [6, 6.07) is 10.5. The van der Waals surface area contributed by atoms with Crippen molar-refractivity contribution in [2.24, 2.45) is 0 Å². The Labute approximate surface area is 121 Å². The van der Waals surface area contributed by atoms with E-state index in [1.165, 1.54) is 24.3 Å². The van der Waals surface area contributed by atoms with Gasteiger partial charge in [0.2, 0.25) is 0 Å². The maximum atomic E-state index is 12.1. The molecule has 4 nitrogen and oxygen atoms in total. The van der Waals surface area contributed by atoms with E-state index in [0.717, 1.165) is 0 Å². The number of nitrogens with one attached hydrogen (secondary N) is 1. The largest absolute Gasteiger partial charge is 0.397 e. The number of halogens is 2. The first kappa shape index (κ1) is 14.0. The van der Waals surface area contributed by atoms with Crippen molar-refractivity contribution in [3.05, 3.63) is 52.5 Å². The minimum atomic E-state index is -3.72. The van der Waals surface area contributed by atoms with Gasteiger partial charge in [-0.05, 0) is 36.4 Å². The molecule has 7 heteroatoms. The standard InChI is InChI=1S/C12H10Cl2N2O2S/c13-8-2-1-3-9(6-8)16-19(17,18)10-4-5-11(14)12(15)7-10/h1-7,16H,15H2. The van der Waals surface area contributed by atoms with Gasteiger partial charge in [-0.2, -0.15) is 0 Å². The highest BCUT2D eigenvalue weighted by atomic mass is 35.5. The smallest absolute Gasteiger partial charge is 0.261 e. The lowest BCUT2D eigenvalue weighted by Crippen LogP contribution is -2.13. The van der Waals surface area contributed by atoms with Gasteiger partial charge in [0.25, 0.3) is 10.0 Å². The number of sulfonamides is 1. The summed E-state index contributed by atoms with van der Waals surface area (Å²) in [5, 5.41) is 0.748. The maximum absolute atomic E-state index is 12.1. The van der Waals surface area contributed by atoms with Gasteiger partial charge in [-0.25, -0.2) is 8.42 Å². The number of nitrogen functional groups attached to an aromatic ring is 1. The highest BCUT2D eigenvalue weighted by Gasteiger charge is 2.15. The molecular weight excluding hydrogens is 307 g/mol. The second-order valence-corrected chi connectivity index (χ2v) is 6.33. The molecule has 0 saturated heterocycles. The molecule has 100 valence electrons. The van der Waals surface area contributed by atoms with E-state index in [1.54, 1.807) is 18.2 Å². The maximum Gasteiger partial charge on any atom is 0.261 e. The molecule has 0 saturated carbocycles. The molecule has 0 bridgehead atoms. The van der Waals surface area contributed by atoms with Crippen LogP contribution in [0.5, 0.6) is 0 Å². The zero-order valence-corrected chi connectivity index (χ0v) is 11.9. The second kappa shape index (κ2) is 5.28. The van der Waals surface area contributed by atoms with Crippen LogP contribution in [0.4, 0.5) is 11.4 Å². The van der Waals surface area contributed by atoms with Gasteiger partial charge in [0, 0.05) is 5.02 Å². The Hall–Kier alpha value is -1.43. The molecule has 0 radical (unpaired) electrons. The molecule has 0 aromatic heterocycles. The molecular formula is C12H10Cl2N2O2S. The van der Waals surface area contributed by atoms with Crippen LogP contribution >= 0.6 is 23.2 Å². The predicted molar refractivity (Wildman–Crippen MR) is 78.1 cm³/mol. The molecule has 0 atom stereocenters. The Kier molecular flexibility index (Phi) is 3.89. The summed E-state index contributed by atoms with van der Waals surface area (Å²) in [6.07, 6.45) is 0. The summed E-state index contributed by atoms with van der Waals surface area (Å²) >= 11 is 11.5. The molecule has 2 aromatic carbocycles. The fourth-order valence-corrected chi connectivity index (χ4v) is 2.85. The van der Waals surface area contributed by atoms with Gasteiger partial charge < -0.3 is 5.73 Å². The van der Waals surface area contributed by atoms with E-state index < -0.39 is 10.0 Å². The highest BCUT2D eigenvalue weighted by Crippen LogP contribution is 2.24. The highest BCUT2D eigenvalue weighted by molar-refractivity contribution is 7.92. The third-order valence-electron chi connectivity index (χ3n) is 2.35. The monoisotopic (exact) mass is 316 g/mol. The number of anilines is 2. The van der Waals surface area contributed by atoms with E-state index in [-0.39, 0.29) is 10.6 Å². The van der Waals surface area contributed by atoms with Gasteiger partial charge in [0.15, 0.2) is 0 Å². The molecule has 19 heavy (non-hydrogen) atoms. The Bertz CT molecular complexity index is 717. The van der Waals surface area contributed by atoms with E-state index in [1.807, 2.05) is 0 Å². The van der Waals surface area contributed by atoms with Crippen LogP contribution in [0.15, 0.2) is 47.4 Å². The van der Waals surface area contributed by atoms with Gasteiger partial charge >= 0.3 is 0 Å². The molecule has 3 N–H and O–H groups in total. The molecule has 0 aliphatic rings. The van der Waals surface area contributed by atoms with Crippen LogP contribution in [-0.4, -0.2) is 8.42 Å². The Morgan fingerprint density at radius 3 is 2.42 bits per heavy atom. The average Bonchev–Trinajstić information content (AvgIpc) is 2.32. The van der Waals surface area contributed by atoms with Crippen LogP contribution in [0, 0.1) is 0 Å². The molecule has 0 heterocycles. The van der Waals surface area contributed by atoms with Crippen molar-refractivity contribution in [2.75, 3.05) is 10.5 Å². The van der Waals surface area contributed by atoms with Crippen molar-refractivity contribution < 1.29 is 8.42 Å². The summed E-state index contributed by atoms with van der Waals surface area (Å²) in [4.78, 5) is 0.0365. The van der Waals surface area contributed by atoms with Crippen LogP contribution < -0.4 is 10.5 Å². The lowest BCUT2D eigenvalue weighted by Gasteiger charge is -2.09. The van der Waals surface area contributed by atoms with E-state index in [9.17, 15) is 8.42 Å². The summed E-state index contributed by atoms with van der Waals surface area (Å²) in [7, 11) is -3.72. The zero-order chi connectivity index (χ0) is 14.0. The van der Waals surface area contributed by atoms with Gasteiger partial charge in [-0.1, -0.05) is 29.3 Å². The van der Waals surface area contributed by atoms with Crippen molar-refractivity contribution in [2.45, 2.75) is 4.90 Å². The number of benzene rings is 2. The van der Waals surface area contributed by atoms with Crippen LogP contribution in [0.25, 0.3) is 0 Å². The molecule has 0 spiro atoms. The number of nitrogens with two attached hydrogens (primary N) is 1. The first-order valence-electron chi connectivity index (χ1n) is 5.22. The Balaban J connectivity index is 2.35. The molecule has 2 rings (SSSR count). The van der Waals surface area contributed by atoms with E-state index in [2.05, 4.69) is 4.72 Å². The van der Waals surface area contributed by atoms with Crippen molar-refractivity contribution >= 4 is 44.6 Å². The SMILES string of the molecule is Nc1cc(S(=O)(=O)Nc2cccc(Cl)c2)ccc1Cl. The summed E-state index contributed by atoms with van der Waals surface area (Å²) in [6.45, 7) is 0. The zero-order valence-electron chi connectivity index (χ0n) is 9.60. The topological polar surface area (TPSA) is 72.2 Å². The van der Waals surface area contributed by atoms with Gasteiger partial charge in [0.05, 0.1) is 21.3 Å². The fourth-order valence-electron chi connectivity index (χ4n) is 1.46. The second-order valence-electron chi connectivity index (χ2n) is 3.80. The number of hydrogen-bond donors (Lipinski definition) is 2. The van der Waals surface area contributed by atoms with Crippen molar-refractivity contribution in [1.29, 1.82) is 0 Å². The molecule has 0 aliphatic carbocycles. The van der Waals surface area contributed by atoms with Gasteiger partial charge in [-0.3, -0.25) is 4.72 Å². The van der Waals surface area contributed by atoms with Crippen LogP contribution in [-0.2, 0) is 10.0 Å². The fraction of sp³-hybridized carbons (Fsp3) is 0. The van der Waals surface area contributed by atoms with Crippen LogP contribution in [0.3, 0.4) is 0 Å². The van der Waals surface area contributed by atoms with E-state index in [0.29, 0.717) is 15.7 Å². The predicted octanol–water partition coefficient (Wildman–Crippen LogP) is 3.38.